The number of benzene rings is 1. The van der Waals surface area contributed by atoms with Crippen LogP contribution in [0.3, 0.4) is 0 Å². The maximum absolute atomic E-state index is 11.8. The van der Waals surface area contributed by atoms with Gasteiger partial charge < -0.3 is 9.47 Å². The fourth-order valence-electron chi connectivity index (χ4n) is 3.10. The maximum Gasteiger partial charge on any atom is 0.255 e. The van der Waals surface area contributed by atoms with E-state index >= 15 is 0 Å². The van der Waals surface area contributed by atoms with Gasteiger partial charge in [-0.05, 0) is 51.0 Å². The number of nitrogens with zero attached hydrogens (tertiary/aromatic N) is 2. The van der Waals surface area contributed by atoms with Gasteiger partial charge in [0.1, 0.15) is 0 Å². The third-order valence-corrected chi connectivity index (χ3v) is 5.05. The number of aromatic nitrogens is 2. The Morgan fingerprint density at radius 2 is 1.77 bits per heavy atom. The van der Waals surface area contributed by atoms with Crippen LogP contribution in [0.2, 0.25) is 0 Å². The van der Waals surface area contributed by atoms with Crippen LogP contribution in [0.4, 0.5) is 5.95 Å². The lowest BCUT2D eigenvalue weighted by molar-refractivity contribution is 0.270. The number of hydrogen-bond acceptors (Lipinski definition) is 6. The summed E-state index contributed by atoms with van der Waals surface area (Å²) in [5.74, 6) is 1.76. The standard InChI is InChI=1S/C24H36N4O3/c1-5-7-8-9-10-11-12-15-31-21-14-13-20(16-22(21)30-6-2)17-25-28-24-26-19(4)18(3)23(29)27-24/h13-14,16-17H,5-12,15H2,1-4H3,(H2,26,27,28,29)/b25-17-. The number of unbranched alkanes of at least 4 members (excludes halogenated alkanes) is 6. The Balaban J connectivity index is 1.89. The van der Waals surface area contributed by atoms with Crippen molar-refractivity contribution < 1.29 is 9.47 Å². The molecule has 0 radical (unpaired) electrons. The van der Waals surface area contributed by atoms with Crippen molar-refractivity contribution in [3.8, 4) is 11.5 Å². The van der Waals surface area contributed by atoms with Gasteiger partial charge in [-0.1, -0.05) is 45.4 Å². The van der Waals surface area contributed by atoms with Crippen LogP contribution in [0.1, 0.15) is 75.6 Å². The van der Waals surface area contributed by atoms with Gasteiger partial charge >= 0.3 is 0 Å². The summed E-state index contributed by atoms with van der Waals surface area (Å²) >= 11 is 0. The van der Waals surface area contributed by atoms with E-state index in [4.69, 9.17) is 9.47 Å². The Kier molecular flexibility index (Phi) is 10.6. The number of H-pyrrole nitrogens is 1. The summed E-state index contributed by atoms with van der Waals surface area (Å²) in [4.78, 5) is 18.7. The molecule has 0 saturated carbocycles. The van der Waals surface area contributed by atoms with Gasteiger partial charge in [-0.15, -0.1) is 0 Å². The van der Waals surface area contributed by atoms with Crippen LogP contribution in [0.25, 0.3) is 0 Å². The van der Waals surface area contributed by atoms with Crippen molar-refractivity contribution in [3.05, 3.63) is 45.4 Å². The molecule has 0 spiro atoms. The molecule has 0 aliphatic heterocycles. The Bertz CT molecular complexity index is 893. The lowest BCUT2D eigenvalue weighted by Gasteiger charge is -2.12. The van der Waals surface area contributed by atoms with Crippen LogP contribution < -0.4 is 20.5 Å². The lowest BCUT2D eigenvalue weighted by atomic mass is 10.1. The summed E-state index contributed by atoms with van der Waals surface area (Å²) in [6, 6.07) is 5.72. The molecule has 0 amide bonds. The van der Waals surface area contributed by atoms with E-state index in [1.165, 1.54) is 38.5 Å². The van der Waals surface area contributed by atoms with E-state index < -0.39 is 0 Å². The van der Waals surface area contributed by atoms with Gasteiger partial charge in [-0.25, -0.2) is 10.4 Å². The minimum absolute atomic E-state index is 0.175. The van der Waals surface area contributed by atoms with Crippen molar-refractivity contribution in [2.45, 2.75) is 72.6 Å². The molecule has 31 heavy (non-hydrogen) atoms. The van der Waals surface area contributed by atoms with E-state index in [9.17, 15) is 4.79 Å². The first-order chi connectivity index (χ1) is 15.0. The lowest BCUT2D eigenvalue weighted by Crippen LogP contribution is -2.15. The highest BCUT2D eigenvalue weighted by Crippen LogP contribution is 2.28. The molecular weight excluding hydrogens is 392 g/mol. The second kappa shape index (κ2) is 13.5. The molecule has 0 saturated heterocycles. The third kappa shape index (κ3) is 8.44. The van der Waals surface area contributed by atoms with E-state index in [2.05, 4.69) is 27.4 Å². The minimum atomic E-state index is -0.175. The highest BCUT2D eigenvalue weighted by Gasteiger charge is 2.06. The molecule has 2 N–H and O–H groups in total. The van der Waals surface area contributed by atoms with E-state index in [0.717, 1.165) is 17.7 Å². The Morgan fingerprint density at radius 3 is 2.48 bits per heavy atom. The molecule has 1 aromatic carbocycles. The van der Waals surface area contributed by atoms with E-state index in [1.807, 2.05) is 25.1 Å². The third-order valence-electron chi connectivity index (χ3n) is 5.05. The number of aromatic amines is 1. The number of rotatable bonds is 14. The summed E-state index contributed by atoms with van der Waals surface area (Å²) in [6.45, 7) is 8.96. The van der Waals surface area contributed by atoms with Crippen LogP contribution in [0.5, 0.6) is 11.5 Å². The van der Waals surface area contributed by atoms with Crippen molar-refractivity contribution in [3.63, 3.8) is 0 Å². The second-order valence-corrected chi connectivity index (χ2v) is 7.60. The van der Waals surface area contributed by atoms with Crippen LogP contribution in [0.15, 0.2) is 28.1 Å². The Morgan fingerprint density at radius 1 is 1.03 bits per heavy atom. The van der Waals surface area contributed by atoms with Crippen molar-refractivity contribution in [1.82, 2.24) is 9.97 Å². The molecule has 0 aliphatic carbocycles. The topological polar surface area (TPSA) is 88.6 Å². The van der Waals surface area contributed by atoms with Gasteiger partial charge in [0.25, 0.3) is 5.56 Å². The Hall–Kier alpha value is -2.83. The van der Waals surface area contributed by atoms with Gasteiger partial charge in [0.05, 0.1) is 19.4 Å². The van der Waals surface area contributed by atoms with E-state index in [0.29, 0.717) is 36.2 Å². The summed E-state index contributed by atoms with van der Waals surface area (Å²) in [6.07, 6.45) is 10.4. The van der Waals surface area contributed by atoms with Crippen molar-refractivity contribution in [2.24, 2.45) is 5.10 Å². The number of ether oxygens (including phenoxy) is 2. The zero-order valence-corrected chi connectivity index (χ0v) is 19.3. The summed E-state index contributed by atoms with van der Waals surface area (Å²) in [7, 11) is 0. The molecule has 0 atom stereocenters. The monoisotopic (exact) mass is 428 g/mol. The fraction of sp³-hybridized carbons (Fsp3) is 0.542. The molecule has 1 aromatic heterocycles. The second-order valence-electron chi connectivity index (χ2n) is 7.60. The van der Waals surface area contributed by atoms with Gasteiger partial charge in [0.15, 0.2) is 11.5 Å². The van der Waals surface area contributed by atoms with Gasteiger partial charge in [0.2, 0.25) is 5.95 Å². The van der Waals surface area contributed by atoms with E-state index in [1.54, 1.807) is 20.1 Å². The number of hydrazone groups is 1. The average molecular weight is 429 g/mol. The smallest absolute Gasteiger partial charge is 0.255 e. The highest BCUT2D eigenvalue weighted by molar-refractivity contribution is 5.81. The largest absolute Gasteiger partial charge is 0.490 e. The highest BCUT2D eigenvalue weighted by atomic mass is 16.5. The maximum atomic E-state index is 11.8. The molecule has 1 heterocycles. The zero-order chi connectivity index (χ0) is 22.5. The summed E-state index contributed by atoms with van der Waals surface area (Å²) in [5.41, 5.74) is 4.71. The number of aryl methyl sites for hydroxylation is 1. The van der Waals surface area contributed by atoms with Gasteiger partial charge in [-0.2, -0.15) is 5.10 Å². The van der Waals surface area contributed by atoms with Crippen LogP contribution in [0, 0.1) is 13.8 Å². The molecule has 7 heteroatoms. The van der Waals surface area contributed by atoms with Crippen molar-refractivity contribution in [2.75, 3.05) is 18.6 Å². The van der Waals surface area contributed by atoms with Crippen molar-refractivity contribution in [1.29, 1.82) is 0 Å². The summed E-state index contributed by atoms with van der Waals surface area (Å²) in [5, 5.41) is 4.17. The van der Waals surface area contributed by atoms with Crippen molar-refractivity contribution >= 4 is 12.2 Å². The zero-order valence-electron chi connectivity index (χ0n) is 19.3. The molecule has 0 fully saturated rings. The van der Waals surface area contributed by atoms with Gasteiger partial charge in [-0.3, -0.25) is 9.78 Å². The minimum Gasteiger partial charge on any atom is -0.490 e. The number of anilines is 1. The molecule has 2 aromatic rings. The van der Waals surface area contributed by atoms with Gasteiger partial charge in [0, 0.05) is 11.3 Å². The molecule has 170 valence electrons. The first kappa shape index (κ1) is 24.4. The summed E-state index contributed by atoms with van der Waals surface area (Å²) < 4.78 is 11.7. The molecule has 0 unspecified atom stereocenters. The van der Waals surface area contributed by atoms with Crippen LogP contribution in [-0.4, -0.2) is 29.4 Å². The molecule has 0 aliphatic rings. The Labute approximate surface area is 185 Å². The average Bonchev–Trinajstić information content (AvgIpc) is 2.75. The van der Waals surface area contributed by atoms with E-state index in [-0.39, 0.29) is 5.56 Å². The first-order valence-corrected chi connectivity index (χ1v) is 11.3. The SMILES string of the molecule is CCCCCCCCCOc1ccc(/C=N\Nc2nc(C)c(C)c(=O)[nH]2)cc1OCC. The predicted molar refractivity (Wildman–Crippen MR) is 127 cm³/mol. The molecule has 0 bridgehead atoms. The van der Waals surface area contributed by atoms with Crippen LogP contribution >= 0.6 is 0 Å². The fourth-order valence-corrected chi connectivity index (χ4v) is 3.10. The quantitative estimate of drug-likeness (QED) is 0.240. The number of nitrogens with one attached hydrogen (secondary N) is 2. The molecule has 2 rings (SSSR count). The first-order valence-electron chi connectivity index (χ1n) is 11.3. The predicted octanol–water partition coefficient (Wildman–Crippen LogP) is 5.36. The van der Waals surface area contributed by atoms with Crippen LogP contribution in [-0.2, 0) is 0 Å². The molecular formula is C24H36N4O3. The normalized spacial score (nSPS) is 11.1. The number of hydrogen-bond donors (Lipinski definition) is 2. The molecule has 7 nitrogen and oxygen atoms in total.